The summed E-state index contributed by atoms with van der Waals surface area (Å²) >= 11 is 0. The number of carbonyl (C=O) groups is 7. The Hall–Kier alpha value is -6.71. The highest BCUT2D eigenvalue weighted by Gasteiger charge is 2.30. The molecule has 0 aliphatic carbocycles. The predicted molar refractivity (Wildman–Crippen MR) is 234 cm³/mol. The fraction of sp³-hybridized carbons (Fsp3) is 0.426. The first-order valence-corrected chi connectivity index (χ1v) is 21.2. The van der Waals surface area contributed by atoms with Gasteiger partial charge in [-0.25, -0.2) is 14.4 Å². The van der Waals surface area contributed by atoms with E-state index in [9.17, 15) is 33.6 Å². The molecule has 16 nitrogen and oxygen atoms in total. The zero-order chi connectivity index (χ0) is 45.6. The second-order valence-electron chi connectivity index (χ2n) is 16.2. The van der Waals surface area contributed by atoms with Gasteiger partial charge in [0.15, 0.2) is 5.78 Å². The number of hydrogen-bond donors (Lipinski definition) is 6. The Labute approximate surface area is 367 Å². The van der Waals surface area contributed by atoms with Gasteiger partial charge in [0.05, 0.1) is 6.04 Å². The van der Waals surface area contributed by atoms with E-state index in [0.29, 0.717) is 12.8 Å². The maximum absolute atomic E-state index is 14.2. The Balaban J connectivity index is 1.48. The number of ketones is 1. The van der Waals surface area contributed by atoms with Crippen molar-refractivity contribution in [3.63, 3.8) is 0 Å². The minimum Gasteiger partial charge on any atom is -0.481 e. The van der Waals surface area contributed by atoms with Crippen molar-refractivity contribution in [1.82, 2.24) is 26.3 Å². The molecular weight excluding hydrogens is 811 g/mol. The molecule has 0 fully saturated rings. The van der Waals surface area contributed by atoms with Gasteiger partial charge in [0.2, 0.25) is 11.8 Å². The zero-order valence-electron chi connectivity index (χ0n) is 36.1. The van der Waals surface area contributed by atoms with Gasteiger partial charge < -0.3 is 45.6 Å². The number of ether oxygens (including phenoxy) is 3. The van der Waals surface area contributed by atoms with Crippen LogP contribution in [0.25, 0.3) is 10.9 Å². The van der Waals surface area contributed by atoms with Crippen molar-refractivity contribution in [3.05, 3.63) is 108 Å². The third-order valence-corrected chi connectivity index (χ3v) is 9.81. The molecule has 0 aliphatic heterocycles. The largest absolute Gasteiger partial charge is 0.481 e. The number of H-pyrrole nitrogens is 1. The van der Waals surface area contributed by atoms with Gasteiger partial charge in [-0.1, -0.05) is 78.9 Å². The number of benzene rings is 3. The topological polar surface area (TPSA) is 231 Å². The van der Waals surface area contributed by atoms with E-state index in [1.807, 2.05) is 48.5 Å². The van der Waals surface area contributed by atoms with Crippen LogP contribution >= 0.6 is 0 Å². The van der Waals surface area contributed by atoms with E-state index in [4.69, 9.17) is 19.3 Å². The molecular formula is C47H59N5O11. The molecule has 4 rings (SSSR count). The molecule has 4 aromatic rings. The van der Waals surface area contributed by atoms with Crippen LogP contribution in [-0.2, 0) is 57.8 Å². The van der Waals surface area contributed by atoms with Crippen LogP contribution in [-0.4, -0.2) is 82.6 Å². The Bertz CT molecular complexity index is 2120. The Kier molecular flexibility index (Phi) is 19.6. The molecule has 0 spiro atoms. The van der Waals surface area contributed by atoms with Gasteiger partial charge >= 0.3 is 24.1 Å². The van der Waals surface area contributed by atoms with Gasteiger partial charge in [-0.05, 0) is 82.1 Å². The summed E-state index contributed by atoms with van der Waals surface area (Å²) in [6, 6.07) is 23.4. The van der Waals surface area contributed by atoms with Crippen molar-refractivity contribution in [3.8, 4) is 0 Å². The number of aromatic nitrogens is 1. The average molecular weight is 870 g/mol. The smallest absolute Gasteiger partial charge is 0.408 e. The number of alkyl carbamates (subject to hydrolysis) is 2. The number of fused-ring (bicyclic) bond motifs is 1. The lowest BCUT2D eigenvalue weighted by Crippen LogP contribution is -2.45. The van der Waals surface area contributed by atoms with E-state index in [0.717, 1.165) is 27.6 Å². The molecule has 1 heterocycles. The van der Waals surface area contributed by atoms with Gasteiger partial charge in [0.25, 0.3) is 0 Å². The SMILES string of the molecule is CC(C)(C)OC(=O)NCCCC[C@H](NC(=O)OCc1ccccc1)C(=O)C[C@H](Cc1c[nH]c2ccccc12)C(=O)NCC[C@@H](NC(=O)CCCC(=O)O)C(=O)OCc1ccccc1. The van der Waals surface area contributed by atoms with E-state index in [1.165, 1.54) is 0 Å². The number of hydrogen-bond acceptors (Lipinski definition) is 10. The Morgan fingerprint density at radius 1 is 0.683 bits per heavy atom. The van der Waals surface area contributed by atoms with Crippen LogP contribution in [0.1, 0.15) is 88.8 Å². The molecule has 63 heavy (non-hydrogen) atoms. The van der Waals surface area contributed by atoms with Gasteiger partial charge in [0, 0.05) is 55.4 Å². The Morgan fingerprint density at radius 2 is 1.33 bits per heavy atom. The fourth-order valence-corrected chi connectivity index (χ4v) is 6.64. The molecule has 338 valence electrons. The first-order chi connectivity index (χ1) is 30.2. The number of aliphatic carboxylic acids is 1. The van der Waals surface area contributed by atoms with Crippen LogP contribution in [0.5, 0.6) is 0 Å². The molecule has 0 saturated carbocycles. The number of amides is 4. The first-order valence-electron chi connectivity index (χ1n) is 21.2. The van der Waals surface area contributed by atoms with Crippen LogP contribution in [0.4, 0.5) is 9.59 Å². The first kappa shape index (κ1) is 49.0. The number of para-hydroxylation sites is 1. The number of Topliss-reactive ketones (excluding diaryl/α,β-unsaturated/α-hetero) is 1. The number of carboxylic acids is 1. The zero-order valence-corrected chi connectivity index (χ0v) is 36.1. The van der Waals surface area contributed by atoms with E-state index in [2.05, 4.69) is 26.3 Å². The summed E-state index contributed by atoms with van der Waals surface area (Å²) in [6.07, 6.45) is 1.01. The maximum Gasteiger partial charge on any atom is 0.408 e. The van der Waals surface area contributed by atoms with Crippen LogP contribution in [0, 0.1) is 5.92 Å². The molecule has 0 bridgehead atoms. The predicted octanol–water partition coefficient (Wildman–Crippen LogP) is 6.27. The highest BCUT2D eigenvalue weighted by molar-refractivity contribution is 5.92. The summed E-state index contributed by atoms with van der Waals surface area (Å²) in [5.74, 6) is -4.17. The number of carboxylic acid groups (broad SMARTS) is 1. The standard InChI is InChI=1S/C47H59N5O11/c1-47(2,3)63-45(59)49-25-13-12-21-38(52-46(60)62-31-33-17-8-5-9-18-33)40(53)28-34(27-35-29-50-37-20-11-10-19-36(35)37)43(57)48-26-24-39(51-41(54)22-14-23-42(55)56)44(58)61-30-32-15-6-4-7-16-32/h4-11,15-20,29,34,38-39,50H,12-14,21-28,30-31H2,1-3H3,(H,48,57)(H,49,59)(H,51,54)(H,52,60)(H,55,56)/t34-,38-,39+/m0/s1. The van der Waals surface area contributed by atoms with Crippen LogP contribution in [0.3, 0.4) is 0 Å². The number of unbranched alkanes of at least 4 members (excludes halogenated alkanes) is 1. The summed E-state index contributed by atoms with van der Waals surface area (Å²) < 4.78 is 16.2. The van der Waals surface area contributed by atoms with Crippen LogP contribution in [0.2, 0.25) is 0 Å². The highest BCUT2D eigenvalue weighted by atomic mass is 16.6. The van der Waals surface area contributed by atoms with E-state index in [1.54, 1.807) is 63.4 Å². The number of carbonyl (C=O) groups excluding carboxylic acids is 6. The van der Waals surface area contributed by atoms with Crippen molar-refractivity contribution in [2.45, 2.75) is 109 Å². The van der Waals surface area contributed by atoms with Gasteiger partial charge in [-0.3, -0.25) is 19.2 Å². The summed E-state index contributed by atoms with van der Waals surface area (Å²) in [4.78, 5) is 93.8. The lowest BCUT2D eigenvalue weighted by Gasteiger charge is -2.22. The Morgan fingerprint density at radius 3 is 2.00 bits per heavy atom. The second kappa shape index (κ2) is 25.3. The number of rotatable bonds is 25. The summed E-state index contributed by atoms with van der Waals surface area (Å²) in [7, 11) is 0. The van der Waals surface area contributed by atoms with Gasteiger partial charge in [-0.15, -0.1) is 0 Å². The van der Waals surface area contributed by atoms with Gasteiger partial charge in [-0.2, -0.15) is 0 Å². The fourth-order valence-electron chi connectivity index (χ4n) is 6.64. The summed E-state index contributed by atoms with van der Waals surface area (Å²) in [5, 5.41) is 20.7. The van der Waals surface area contributed by atoms with Gasteiger partial charge in [0.1, 0.15) is 24.9 Å². The molecule has 1 aromatic heterocycles. The van der Waals surface area contributed by atoms with Crippen molar-refractivity contribution in [1.29, 1.82) is 0 Å². The minimum absolute atomic E-state index is 0.0252. The lowest BCUT2D eigenvalue weighted by molar-refractivity contribution is -0.149. The van der Waals surface area contributed by atoms with Crippen LogP contribution in [0.15, 0.2) is 91.1 Å². The van der Waals surface area contributed by atoms with E-state index < -0.39 is 65.3 Å². The lowest BCUT2D eigenvalue weighted by atomic mass is 9.90. The number of aromatic amines is 1. The quantitative estimate of drug-likeness (QED) is 0.0247. The second-order valence-corrected chi connectivity index (χ2v) is 16.2. The average Bonchev–Trinajstić information content (AvgIpc) is 3.66. The monoisotopic (exact) mass is 869 g/mol. The van der Waals surface area contributed by atoms with Crippen molar-refractivity contribution < 1.29 is 52.9 Å². The highest BCUT2D eigenvalue weighted by Crippen LogP contribution is 2.24. The molecule has 0 saturated heterocycles. The van der Waals surface area contributed by atoms with Crippen molar-refractivity contribution in [2.75, 3.05) is 13.1 Å². The third kappa shape index (κ3) is 18.4. The number of esters is 1. The molecule has 0 radical (unpaired) electrons. The minimum atomic E-state index is -1.17. The van der Waals surface area contributed by atoms with E-state index >= 15 is 0 Å². The molecule has 0 unspecified atom stereocenters. The molecule has 4 amide bonds. The molecule has 6 N–H and O–H groups in total. The number of nitrogens with one attached hydrogen (secondary N) is 5. The van der Waals surface area contributed by atoms with Crippen molar-refractivity contribution in [2.24, 2.45) is 5.92 Å². The van der Waals surface area contributed by atoms with E-state index in [-0.39, 0.29) is 71.2 Å². The van der Waals surface area contributed by atoms with Crippen LogP contribution < -0.4 is 21.3 Å². The molecule has 16 heteroatoms. The molecule has 3 aromatic carbocycles. The van der Waals surface area contributed by atoms with Crippen molar-refractivity contribution >= 4 is 52.6 Å². The summed E-state index contributed by atoms with van der Waals surface area (Å²) in [5.41, 5.74) is 2.44. The third-order valence-electron chi connectivity index (χ3n) is 9.81. The summed E-state index contributed by atoms with van der Waals surface area (Å²) in [6.45, 7) is 5.37. The normalized spacial score (nSPS) is 12.6. The molecule has 3 atom stereocenters. The molecule has 0 aliphatic rings. The maximum atomic E-state index is 14.2.